The zero-order valence-corrected chi connectivity index (χ0v) is 14.5. The molecule has 3 aromatic heterocycles. The Hall–Kier alpha value is -3.41. The molecule has 1 N–H and O–H groups in total. The molecule has 3 heterocycles. The lowest BCUT2D eigenvalue weighted by atomic mass is 10.2. The minimum absolute atomic E-state index is 0.0445. The van der Waals surface area contributed by atoms with Gasteiger partial charge in [-0.2, -0.15) is 0 Å². The molecule has 1 atom stereocenters. The molecule has 0 bridgehead atoms. The summed E-state index contributed by atoms with van der Waals surface area (Å²) in [5, 5.41) is 3.44. The second-order valence-electron chi connectivity index (χ2n) is 5.93. The van der Waals surface area contributed by atoms with Crippen LogP contribution in [-0.4, -0.2) is 22.1 Å². The molecule has 0 saturated heterocycles. The number of hydrogen-bond acceptors (Lipinski definition) is 6. The molecule has 1 aromatic carbocycles. The number of fused-ring (bicyclic) bond motifs is 1. The first-order valence-corrected chi connectivity index (χ1v) is 8.30. The minimum atomic E-state index is 0.0445. The molecular weight excluding hydrogens is 328 g/mol. The van der Waals surface area contributed by atoms with Crippen LogP contribution in [0.1, 0.15) is 18.7 Å². The Morgan fingerprint density at radius 1 is 1.12 bits per heavy atom. The third kappa shape index (κ3) is 3.21. The number of nitrogens with zero attached hydrogens (tertiary/aromatic N) is 3. The van der Waals surface area contributed by atoms with Gasteiger partial charge in [0, 0.05) is 18.1 Å². The predicted molar refractivity (Wildman–Crippen MR) is 100 cm³/mol. The number of methoxy groups -OCH3 is 1. The molecule has 0 aliphatic carbocycles. The zero-order chi connectivity index (χ0) is 17.9. The highest BCUT2D eigenvalue weighted by molar-refractivity contribution is 5.80. The average Bonchev–Trinajstić information content (AvgIpc) is 3.12. The van der Waals surface area contributed by atoms with Crippen molar-refractivity contribution in [2.45, 2.75) is 13.0 Å². The van der Waals surface area contributed by atoms with Crippen molar-refractivity contribution >= 4 is 16.8 Å². The van der Waals surface area contributed by atoms with Crippen LogP contribution in [0.5, 0.6) is 5.75 Å². The van der Waals surface area contributed by atoms with Gasteiger partial charge in [-0.15, -0.1) is 0 Å². The molecular formula is C20H18N4O2. The van der Waals surface area contributed by atoms with E-state index in [4.69, 9.17) is 9.15 Å². The Morgan fingerprint density at radius 3 is 2.77 bits per heavy atom. The van der Waals surface area contributed by atoms with Crippen molar-refractivity contribution in [1.82, 2.24) is 15.0 Å². The number of hydrogen-bond donors (Lipinski definition) is 1. The van der Waals surface area contributed by atoms with Crippen molar-refractivity contribution in [1.29, 1.82) is 0 Å². The highest BCUT2D eigenvalue weighted by atomic mass is 16.5. The van der Waals surface area contributed by atoms with Crippen molar-refractivity contribution in [3.8, 4) is 17.2 Å². The van der Waals surface area contributed by atoms with E-state index >= 15 is 0 Å². The quantitative estimate of drug-likeness (QED) is 0.575. The number of pyridine rings is 2. The van der Waals surface area contributed by atoms with Crippen LogP contribution in [0.15, 0.2) is 65.5 Å². The number of benzene rings is 1. The lowest BCUT2D eigenvalue weighted by Crippen LogP contribution is -2.08. The number of aromatic nitrogens is 3. The first kappa shape index (κ1) is 16.1. The van der Waals surface area contributed by atoms with Crippen LogP contribution >= 0.6 is 0 Å². The van der Waals surface area contributed by atoms with Gasteiger partial charge in [-0.05, 0) is 49.4 Å². The first-order valence-electron chi connectivity index (χ1n) is 8.30. The fourth-order valence-corrected chi connectivity index (χ4v) is 2.72. The van der Waals surface area contributed by atoms with Crippen molar-refractivity contribution in [2.75, 3.05) is 12.4 Å². The van der Waals surface area contributed by atoms with Gasteiger partial charge in [0.25, 0.3) is 0 Å². The first-order chi connectivity index (χ1) is 12.7. The predicted octanol–water partition coefficient (Wildman–Crippen LogP) is 4.47. The maximum absolute atomic E-state index is 5.82. The van der Waals surface area contributed by atoms with Gasteiger partial charge in [0.2, 0.25) is 5.89 Å². The van der Waals surface area contributed by atoms with Crippen molar-refractivity contribution in [2.24, 2.45) is 0 Å². The molecule has 26 heavy (non-hydrogen) atoms. The molecule has 130 valence electrons. The molecule has 0 aliphatic heterocycles. The summed E-state index contributed by atoms with van der Waals surface area (Å²) in [6.07, 6.45) is 5.18. The van der Waals surface area contributed by atoms with E-state index in [0.29, 0.717) is 5.89 Å². The molecule has 6 nitrogen and oxygen atoms in total. The maximum atomic E-state index is 5.82. The lowest BCUT2D eigenvalue weighted by molar-refractivity contribution is 0.412. The molecule has 0 spiro atoms. The minimum Gasteiger partial charge on any atom is -0.495 e. The van der Waals surface area contributed by atoms with Crippen molar-refractivity contribution in [3.05, 3.63) is 66.7 Å². The van der Waals surface area contributed by atoms with Gasteiger partial charge >= 0.3 is 0 Å². The Bertz CT molecular complexity index is 1010. The molecule has 0 radical (unpaired) electrons. The summed E-state index contributed by atoms with van der Waals surface area (Å²) in [6.45, 7) is 2.06. The number of oxazole rings is 1. The highest BCUT2D eigenvalue weighted by Crippen LogP contribution is 2.27. The summed E-state index contributed by atoms with van der Waals surface area (Å²) < 4.78 is 11.0. The molecule has 1 unspecified atom stereocenters. The Balaban J connectivity index is 1.56. The summed E-state index contributed by atoms with van der Waals surface area (Å²) in [6, 6.07) is 13.5. The van der Waals surface area contributed by atoms with Gasteiger partial charge in [-0.3, -0.25) is 9.97 Å². The van der Waals surface area contributed by atoms with E-state index in [1.54, 1.807) is 25.7 Å². The van der Waals surface area contributed by atoms with E-state index in [2.05, 4.69) is 27.2 Å². The SMILES string of the molecule is COc1ccc(C(C)Nc2ccc3oc(-c4cccnc4)nc3c2)nc1. The van der Waals surface area contributed by atoms with Crippen LogP contribution in [-0.2, 0) is 0 Å². The van der Waals surface area contributed by atoms with Crippen LogP contribution in [0.3, 0.4) is 0 Å². The summed E-state index contributed by atoms with van der Waals surface area (Å²) >= 11 is 0. The molecule has 0 fully saturated rings. The van der Waals surface area contributed by atoms with Gasteiger partial charge in [-0.1, -0.05) is 0 Å². The van der Waals surface area contributed by atoms with Gasteiger partial charge in [0.15, 0.2) is 5.58 Å². The van der Waals surface area contributed by atoms with Gasteiger partial charge in [-0.25, -0.2) is 4.98 Å². The Labute approximate surface area is 150 Å². The summed E-state index contributed by atoms with van der Waals surface area (Å²) in [5.74, 6) is 1.31. The van der Waals surface area contributed by atoms with Crippen molar-refractivity contribution in [3.63, 3.8) is 0 Å². The normalized spacial score (nSPS) is 12.1. The summed E-state index contributed by atoms with van der Waals surface area (Å²) in [7, 11) is 1.63. The van der Waals surface area contributed by atoms with E-state index < -0.39 is 0 Å². The molecule has 0 saturated carbocycles. The topological polar surface area (TPSA) is 73.1 Å². The number of rotatable bonds is 5. The average molecular weight is 346 g/mol. The fraction of sp³-hybridized carbons (Fsp3) is 0.150. The summed E-state index contributed by atoms with van der Waals surface area (Å²) in [4.78, 5) is 13.1. The number of anilines is 1. The Morgan fingerprint density at radius 2 is 2.04 bits per heavy atom. The van der Waals surface area contributed by atoms with E-state index in [1.165, 1.54) is 0 Å². The largest absolute Gasteiger partial charge is 0.495 e. The van der Waals surface area contributed by atoms with E-state index in [9.17, 15) is 0 Å². The van der Waals surface area contributed by atoms with E-state index in [1.807, 2.05) is 42.5 Å². The van der Waals surface area contributed by atoms with Crippen LogP contribution in [0, 0.1) is 0 Å². The number of nitrogens with one attached hydrogen (secondary N) is 1. The monoisotopic (exact) mass is 346 g/mol. The molecule has 0 aliphatic rings. The second kappa shape index (κ2) is 6.84. The summed E-state index contributed by atoms with van der Waals surface area (Å²) in [5.41, 5.74) is 4.28. The third-order valence-electron chi connectivity index (χ3n) is 4.12. The third-order valence-corrected chi connectivity index (χ3v) is 4.12. The lowest BCUT2D eigenvalue weighted by Gasteiger charge is -2.15. The maximum Gasteiger partial charge on any atom is 0.228 e. The van der Waals surface area contributed by atoms with Crippen LogP contribution in [0.4, 0.5) is 5.69 Å². The molecule has 4 rings (SSSR count). The highest BCUT2D eigenvalue weighted by Gasteiger charge is 2.11. The van der Waals surface area contributed by atoms with E-state index in [0.717, 1.165) is 33.8 Å². The smallest absolute Gasteiger partial charge is 0.228 e. The zero-order valence-electron chi connectivity index (χ0n) is 14.5. The van der Waals surface area contributed by atoms with Gasteiger partial charge in [0.05, 0.1) is 30.6 Å². The molecule has 6 heteroatoms. The van der Waals surface area contributed by atoms with Gasteiger partial charge in [0.1, 0.15) is 11.3 Å². The van der Waals surface area contributed by atoms with Crippen LogP contribution < -0.4 is 10.1 Å². The van der Waals surface area contributed by atoms with Gasteiger partial charge < -0.3 is 14.5 Å². The van der Waals surface area contributed by atoms with E-state index in [-0.39, 0.29) is 6.04 Å². The van der Waals surface area contributed by atoms with Crippen LogP contribution in [0.2, 0.25) is 0 Å². The second-order valence-corrected chi connectivity index (χ2v) is 5.93. The Kier molecular flexibility index (Phi) is 4.23. The standard InChI is InChI=1S/C20H18N4O2/c1-13(17-7-6-16(25-2)12-22-17)23-15-5-8-19-18(10-15)24-20(26-19)14-4-3-9-21-11-14/h3-13,23H,1-2H3. The number of ether oxygens (including phenoxy) is 1. The molecule has 0 amide bonds. The van der Waals surface area contributed by atoms with Crippen LogP contribution in [0.25, 0.3) is 22.6 Å². The van der Waals surface area contributed by atoms with Crippen molar-refractivity contribution < 1.29 is 9.15 Å². The fourth-order valence-electron chi connectivity index (χ4n) is 2.72. The molecule has 4 aromatic rings.